The van der Waals surface area contributed by atoms with Gasteiger partial charge in [-0.2, -0.15) is 0 Å². The van der Waals surface area contributed by atoms with Crippen LogP contribution in [0.25, 0.3) is 0 Å². The monoisotopic (exact) mass is 629 g/mol. The zero-order chi connectivity index (χ0) is 33.6. The summed E-state index contributed by atoms with van der Waals surface area (Å²) in [6.07, 6.45) is 8.24. The number of carbonyl (C=O) groups is 3. The summed E-state index contributed by atoms with van der Waals surface area (Å²) in [5.74, 6) is -3.26. The Labute approximate surface area is 269 Å². The molecule has 0 N–H and O–H groups in total. The van der Waals surface area contributed by atoms with Crippen molar-refractivity contribution in [2.75, 3.05) is 14.1 Å². The first-order chi connectivity index (χ1) is 21.1. The van der Waals surface area contributed by atoms with Crippen LogP contribution in [0.4, 0.5) is 0 Å². The molecule has 0 bridgehead atoms. The quantitative estimate of drug-likeness (QED) is 0.208. The van der Waals surface area contributed by atoms with E-state index in [1.165, 1.54) is 0 Å². The first-order valence-electron chi connectivity index (χ1n) is 16.4. The third kappa shape index (κ3) is 8.78. The highest BCUT2D eigenvalue weighted by atomic mass is 16.7. The summed E-state index contributed by atoms with van der Waals surface area (Å²) in [6.45, 7) is 18.8. The molecule has 1 aromatic heterocycles. The van der Waals surface area contributed by atoms with Crippen LogP contribution in [-0.2, 0) is 33.3 Å². The van der Waals surface area contributed by atoms with Crippen LogP contribution >= 0.6 is 0 Å². The highest BCUT2D eigenvalue weighted by Gasteiger charge is 2.44. The molecule has 3 heterocycles. The minimum atomic E-state index is -1.35. The average molecular weight is 630 g/mol. The lowest BCUT2D eigenvalue weighted by molar-refractivity contribution is -0.236. The fourth-order valence-electron chi connectivity index (χ4n) is 6.79. The number of Topliss-reactive ketones (excluding diaryl/α,β-unsaturated/α-hetero) is 2. The van der Waals surface area contributed by atoms with Crippen LogP contribution in [0.15, 0.2) is 43.0 Å². The van der Waals surface area contributed by atoms with Gasteiger partial charge in [0.25, 0.3) is 0 Å². The van der Waals surface area contributed by atoms with E-state index in [0.717, 1.165) is 6.42 Å². The maximum atomic E-state index is 13.9. The molecule has 1 unspecified atom stereocenters. The molecule has 0 saturated carbocycles. The first kappa shape index (κ1) is 36.8. The Morgan fingerprint density at radius 3 is 2.42 bits per heavy atom. The van der Waals surface area contributed by atoms with Gasteiger partial charge in [-0.3, -0.25) is 14.4 Å². The highest BCUT2D eigenvalue weighted by Crippen LogP contribution is 2.35. The highest BCUT2D eigenvalue weighted by molar-refractivity contribution is 6.00. The number of esters is 1. The normalized spacial score (nSPS) is 37.8. The van der Waals surface area contributed by atoms with Gasteiger partial charge in [0.15, 0.2) is 17.9 Å². The SMILES string of the molecule is C=C[C@]1(OC(C)n2ccnc2)/C=C(\C)C(=O)[C@H](C)C[C@H](C)[C@H](O[C@H]2C[C@@H](N(C)C)C[C@@H](C)O2)[C@@H](C)C(=O)[C@@H](C)C(=O)O[C@@H]1CC. The van der Waals surface area contributed by atoms with Crippen molar-refractivity contribution in [3.8, 4) is 0 Å². The molecule has 0 amide bonds. The minimum Gasteiger partial charge on any atom is -0.458 e. The van der Waals surface area contributed by atoms with Crippen molar-refractivity contribution in [2.24, 2.45) is 23.7 Å². The first-order valence-corrected chi connectivity index (χ1v) is 16.4. The summed E-state index contributed by atoms with van der Waals surface area (Å²) < 4.78 is 27.2. The molecule has 0 spiro atoms. The van der Waals surface area contributed by atoms with E-state index in [1.807, 2.05) is 48.7 Å². The van der Waals surface area contributed by atoms with E-state index in [0.29, 0.717) is 24.8 Å². The van der Waals surface area contributed by atoms with Gasteiger partial charge in [0, 0.05) is 36.7 Å². The number of imidazole rings is 1. The van der Waals surface area contributed by atoms with Gasteiger partial charge >= 0.3 is 5.97 Å². The second-order valence-corrected chi connectivity index (χ2v) is 13.4. The van der Waals surface area contributed by atoms with Crippen molar-refractivity contribution in [3.05, 3.63) is 43.0 Å². The Bertz CT molecular complexity index is 1200. The summed E-state index contributed by atoms with van der Waals surface area (Å²) >= 11 is 0. The fraction of sp³-hybridized carbons (Fsp3) is 0.714. The van der Waals surface area contributed by atoms with Crippen LogP contribution in [0.2, 0.25) is 0 Å². The zero-order valence-electron chi connectivity index (χ0n) is 28.9. The maximum Gasteiger partial charge on any atom is 0.316 e. The van der Waals surface area contributed by atoms with E-state index in [2.05, 4.69) is 16.5 Å². The topological polar surface area (TPSA) is 109 Å². The van der Waals surface area contributed by atoms with Crippen LogP contribution in [-0.4, -0.2) is 82.3 Å². The third-order valence-electron chi connectivity index (χ3n) is 9.55. The number of allylic oxidation sites excluding steroid dienone is 1. The van der Waals surface area contributed by atoms with Crippen LogP contribution in [0, 0.1) is 23.7 Å². The smallest absolute Gasteiger partial charge is 0.316 e. The van der Waals surface area contributed by atoms with Gasteiger partial charge < -0.3 is 28.4 Å². The molecule has 11 atom stereocenters. The molecule has 1 aromatic rings. The van der Waals surface area contributed by atoms with Crippen molar-refractivity contribution in [2.45, 2.75) is 124 Å². The number of hydrogen-bond donors (Lipinski definition) is 0. The summed E-state index contributed by atoms with van der Waals surface area (Å²) in [6, 6.07) is 0.274. The average Bonchev–Trinajstić information content (AvgIpc) is 3.55. The van der Waals surface area contributed by atoms with E-state index in [4.69, 9.17) is 18.9 Å². The number of aromatic nitrogens is 2. The van der Waals surface area contributed by atoms with Gasteiger partial charge in [-0.1, -0.05) is 40.3 Å². The lowest BCUT2D eigenvalue weighted by Crippen LogP contribution is -2.49. The summed E-state index contributed by atoms with van der Waals surface area (Å²) in [7, 11) is 4.08. The van der Waals surface area contributed by atoms with Crippen molar-refractivity contribution in [1.82, 2.24) is 14.5 Å². The number of nitrogens with zero attached hydrogens (tertiary/aromatic N) is 3. The number of ketones is 2. The number of rotatable bonds is 8. The molecule has 0 radical (unpaired) electrons. The summed E-state index contributed by atoms with van der Waals surface area (Å²) in [5, 5.41) is 0. The Kier molecular flexibility index (Phi) is 12.9. The predicted molar refractivity (Wildman–Crippen MR) is 172 cm³/mol. The maximum absolute atomic E-state index is 13.9. The summed E-state index contributed by atoms with van der Waals surface area (Å²) in [5.41, 5.74) is -0.867. The lowest BCUT2D eigenvalue weighted by Gasteiger charge is -2.41. The molecule has 10 nitrogen and oxygen atoms in total. The van der Waals surface area contributed by atoms with Crippen LogP contribution in [0.3, 0.4) is 0 Å². The second kappa shape index (κ2) is 15.8. The molecule has 0 aromatic carbocycles. The van der Waals surface area contributed by atoms with E-state index in [1.54, 1.807) is 56.2 Å². The Morgan fingerprint density at radius 2 is 1.84 bits per heavy atom. The Morgan fingerprint density at radius 1 is 1.16 bits per heavy atom. The van der Waals surface area contributed by atoms with Gasteiger partial charge in [-0.15, -0.1) is 0 Å². The van der Waals surface area contributed by atoms with Crippen molar-refractivity contribution >= 4 is 17.5 Å². The molecule has 1 fully saturated rings. The van der Waals surface area contributed by atoms with Gasteiger partial charge in [0.1, 0.15) is 23.9 Å². The number of cyclic esters (lactones) is 1. The van der Waals surface area contributed by atoms with Crippen LogP contribution in [0.1, 0.15) is 87.3 Å². The van der Waals surface area contributed by atoms with E-state index in [-0.39, 0.29) is 35.5 Å². The van der Waals surface area contributed by atoms with Crippen LogP contribution < -0.4 is 0 Å². The molecule has 2 aliphatic rings. The molecule has 10 heteroatoms. The summed E-state index contributed by atoms with van der Waals surface area (Å²) in [4.78, 5) is 47.8. The van der Waals surface area contributed by atoms with E-state index in [9.17, 15) is 14.4 Å². The van der Waals surface area contributed by atoms with E-state index < -0.39 is 48.1 Å². The van der Waals surface area contributed by atoms with Crippen molar-refractivity contribution in [3.63, 3.8) is 0 Å². The molecule has 3 rings (SSSR count). The second-order valence-electron chi connectivity index (χ2n) is 13.4. The molecule has 0 aliphatic carbocycles. The van der Waals surface area contributed by atoms with Crippen LogP contribution in [0.5, 0.6) is 0 Å². The number of ether oxygens (including phenoxy) is 4. The zero-order valence-corrected chi connectivity index (χ0v) is 28.9. The molecule has 1 saturated heterocycles. The van der Waals surface area contributed by atoms with Gasteiger partial charge in [-0.25, -0.2) is 4.98 Å². The molecular weight excluding hydrogens is 574 g/mol. The number of carbonyl (C=O) groups excluding carboxylic acids is 3. The minimum absolute atomic E-state index is 0.00650. The molecule has 45 heavy (non-hydrogen) atoms. The standard InChI is InChI=1S/C35H55N3O7/c1-12-29-35(13-2,45-27(9)38-15-14-36-20-38)19-23(5)31(39)21(3)16-22(4)33(25(7)32(40)26(8)34(41)43-29)44-30-18-28(37(10)11)17-24(6)42-30/h13-15,19-22,24-30,33H,2,12,16-18H2,1,3-11H3/b23-19+/t21-,22+,24-,25+,26-,27?,28+,29-,30+,33+,35+/m1/s1. The number of hydrogen-bond acceptors (Lipinski definition) is 9. The fourth-order valence-corrected chi connectivity index (χ4v) is 6.79. The molecular formula is C35H55N3O7. The van der Waals surface area contributed by atoms with Crippen molar-refractivity contribution in [1.29, 1.82) is 0 Å². The Hall–Kier alpha value is -2.66. The van der Waals surface area contributed by atoms with Gasteiger partial charge in [-0.05, 0) is 78.6 Å². The molecule has 252 valence electrons. The van der Waals surface area contributed by atoms with Gasteiger partial charge in [0.05, 0.1) is 18.5 Å². The lowest BCUT2D eigenvalue weighted by atomic mass is 9.79. The predicted octanol–water partition coefficient (Wildman–Crippen LogP) is 5.54. The van der Waals surface area contributed by atoms with E-state index >= 15 is 0 Å². The largest absolute Gasteiger partial charge is 0.458 e. The Balaban J connectivity index is 2.02. The van der Waals surface area contributed by atoms with Gasteiger partial charge in [0.2, 0.25) is 0 Å². The molecule has 2 aliphatic heterocycles. The third-order valence-corrected chi connectivity index (χ3v) is 9.55. The van der Waals surface area contributed by atoms with Crippen molar-refractivity contribution < 1.29 is 33.3 Å².